The Morgan fingerprint density at radius 3 is 2.77 bits per heavy atom. The third-order valence-corrected chi connectivity index (χ3v) is 5.24. The Hall–Kier alpha value is -3.21. The molecule has 1 aromatic carbocycles. The molecule has 8 nitrogen and oxygen atoms in total. The van der Waals surface area contributed by atoms with E-state index >= 15 is 0 Å². The van der Waals surface area contributed by atoms with Gasteiger partial charge in [0.25, 0.3) is 0 Å². The van der Waals surface area contributed by atoms with E-state index < -0.39 is 0 Å². The summed E-state index contributed by atoms with van der Waals surface area (Å²) >= 11 is 0. The fourth-order valence-corrected chi connectivity index (χ4v) is 3.66. The van der Waals surface area contributed by atoms with Crippen LogP contribution in [0.15, 0.2) is 30.3 Å². The minimum absolute atomic E-state index is 0.104. The van der Waals surface area contributed by atoms with Crippen LogP contribution in [-0.4, -0.2) is 39.7 Å². The van der Waals surface area contributed by atoms with E-state index in [-0.39, 0.29) is 31.1 Å². The van der Waals surface area contributed by atoms with E-state index in [4.69, 9.17) is 5.26 Å². The summed E-state index contributed by atoms with van der Waals surface area (Å²) in [5.74, 6) is 1.63. The number of para-hydroxylation sites is 1. The maximum atomic E-state index is 12.6. The number of hydrogen-bond acceptors (Lipinski definition) is 5. The van der Waals surface area contributed by atoms with Crippen molar-refractivity contribution in [2.75, 3.05) is 18.0 Å². The van der Waals surface area contributed by atoms with Crippen LogP contribution in [0.25, 0.3) is 0 Å². The van der Waals surface area contributed by atoms with Crippen molar-refractivity contribution in [3.63, 3.8) is 0 Å². The lowest BCUT2D eigenvalue weighted by Gasteiger charge is -2.21. The number of nitrogens with one attached hydrogen (secondary N) is 1. The number of carbonyl (C=O) groups excluding carboxylic acids is 2. The SMILES string of the molecule is N#CCCN(C(=O)CCC(=O)NCCc1nnc2n1CCCCC2)c1ccccc1. The predicted molar refractivity (Wildman–Crippen MR) is 113 cm³/mol. The molecule has 0 unspecified atom stereocenters. The van der Waals surface area contributed by atoms with E-state index in [1.165, 1.54) is 6.42 Å². The van der Waals surface area contributed by atoms with E-state index in [9.17, 15) is 9.59 Å². The standard InChI is InChI=1S/C22H28N6O2/c23-14-7-17-27(18-8-3-1-4-9-18)22(30)12-11-21(29)24-15-13-20-26-25-19-10-5-2-6-16-28(19)20/h1,3-4,8-9H,2,5-7,10-13,15-17H2,(H,24,29). The first-order valence-electron chi connectivity index (χ1n) is 10.6. The fraction of sp³-hybridized carbons (Fsp3) is 0.500. The number of aryl methyl sites for hydroxylation is 1. The van der Waals surface area contributed by atoms with Gasteiger partial charge in [-0.15, -0.1) is 10.2 Å². The number of hydrogen-bond donors (Lipinski definition) is 1. The average molecular weight is 409 g/mol. The van der Waals surface area contributed by atoms with Gasteiger partial charge in [0.2, 0.25) is 11.8 Å². The van der Waals surface area contributed by atoms with Gasteiger partial charge in [0.15, 0.2) is 0 Å². The second kappa shape index (κ2) is 11.1. The average Bonchev–Trinajstić information content (AvgIpc) is 2.99. The molecule has 0 aliphatic carbocycles. The Kier molecular flexibility index (Phi) is 7.95. The number of nitriles is 1. The number of amides is 2. The van der Waals surface area contributed by atoms with Crippen molar-refractivity contribution >= 4 is 17.5 Å². The third-order valence-electron chi connectivity index (χ3n) is 5.24. The first kappa shape index (κ1) is 21.5. The molecule has 1 N–H and O–H groups in total. The van der Waals surface area contributed by atoms with Gasteiger partial charge >= 0.3 is 0 Å². The quantitative estimate of drug-likeness (QED) is 0.686. The summed E-state index contributed by atoms with van der Waals surface area (Å²) in [5, 5.41) is 20.3. The van der Waals surface area contributed by atoms with Crippen LogP contribution in [0.3, 0.4) is 0 Å². The van der Waals surface area contributed by atoms with Crippen LogP contribution < -0.4 is 10.2 Å². The summed E-state index contributed by atoms with van der Waals surface area (Å²) in [5.41, 5.74) is 0.741. The van der Waals surface area contributed by atoms with Gasteiger partial charge in [0.1, 0.15) is 11.6 Å². The van der Waals surface area contributed by atoms with E-state index in [1.807, 2.05) is 30.3 Å². The zero-order valence-electron chi connectivity index (χ0n) is 17.2. The number of anilines is 1. The van der Waals surface area contributed by atoms with Gasteiger partial charge in [0.05, 0.1) is 12.5 Å². The summed E-state index contributed by atoms with van der Waals surface area (Å²) in [6.45, 7) is 1.74. The van der Waals surface area contributed by atoms with Gasteiger partial charge in [-0.3, -0.25) is 9.59 Å². The lowest BCUT2D eigenvalue weighted by molar-refractivity contribution is -0.125. The van der Waals surface area contributed by atoms with Crippen LogP contribution in [0.4, 0.5) is 5.69 Å². The minimum atomic E-state index is -0.160. The number of carbonyl (C=O) groups is 2. The normalized spacial score (nSPS) is 13.0. The van der Waals surface area contributed by atoms with Crippen molar-refractivity contribution < 1.29 is 9.59 Å². The van der Waals surface area contributed by atoms with Crippen molar-refractivity contribution in [1.82, 2.24) is 20.1 Å². The van der Waals surface area contributed by atoms with Gasteiger partial charge in [-0.2, -0.15) is 5.26 Å². The van der Waals surface area contributed by atoms with Gasteiger partial charge in [-0.05, 0) is 25.0 Å². The summed E-state index contributed by atoms with van der Waals surface area (Å²) in [6, 6.07) is 11.3. The first-order chi connectivity index (χ1) is 14.7. The van der Waals surface area contributed by atoms with Gasteiger partial charge in [0, 0.05) is 51.0 Å². The maximum absolute atomic E-state index is 12.6. The molecule has 3 rings (SSSR count). The van der Waals surface area contributed by atoms with Crippen molar-refractivity contribution in [3.8, 4) is 6.07 Å². The van der Waals surface area contributed by atoms with E-state index in [1.54, 1.807) is 4.90 Å². The molecule has 0 atom stereocenters. The second-order valence-electron chi connectivity index (χ2n) is 7.38. The molecule has 158 valence electrons. The molecule has 0 radical (unpaired) electrons. The summed E-state index contributed by atoms with van der Waals surface area (Å²) in [4.78, 5) is 26.4. The Morgan fingerprint density at radius 1 is 1.13 bits per heavy atom. The van der Waals surface area contributed by atoms with Crippen molar-refractivity contribution in [2.24, 2.45) is 0 Å². The van der Waals surface area contributed by atoms with Crippen LogP contribution >= 0.6 is 0 Å². The number of fused-ring (bicyclic) bond motifs is 1. The molecule has 0 saturated heterocycles. The largest absolute Gasteiger partial charge is 0.356 e. The Morgan fingerprint density at radius 2 is 1.97 bits per heavy atom. The number of benzene rings is 1. The molecule has 2 aromatic rings. The van der Waals surface area contributed by atoms with Crippen LogP contribution in [-0.2, 0) is 29.0 Å². The Labute approximate surface area is 176 Å². The zero-order valence-corrected chi connectivity index (χ0v) is 17.2. The van der Waals surface area contributed by atoms with Crippen LogP contribution in [0.2, 0.25) is 0 Å². The molecule has 0 bridgehead atoms. The van der Waals surface area contributed by atoms with Gasteiger partial charge in [-0.25, -0.2) is 0 Å². The number of rotatable bonds is 9. The highest BCUT2D eigenvalue weighted by Crippen LogP contribution is 2.16. The lowest BCUT2D eigenvalue weighted by Crippen LogP contribution is -2.33. The van der Waals surface area contributed by atoms with Gasteiger partial charge < -0.3 is 14.8 Å². The second-order valence-corrected chi connectivity index (χ2v) is 7.38. The molecule has 0 saturated carbocycles. The highest BCUT2D eigenvalue weighted by Gasteiger charge is 2.17. The molecule has 1 aromatic heterocycles. The fourth-order valence-electron chi connectivity index (χ4n) is 3.66. The topological polar surface area (TPSA) is 104 Å². The molecule has 2 amide bonds. The Bertz CT molecular complexity index is 887. The first-order valence-corrected chi connectivity index (χ1v) is 10.6. The number of nitrogens with zero attached hydrogens (tertiary/aromatic N) is 5. The lowest BCUT2D eigenvalue weighted by atomic mass is 10.2. The monoisotopic (exact) mass is 408 g/mol. The van der Waals surface area contributed by atoms with Crippen molar-refractivity contribution in [3.05, 3.63) is 42.0 Å². The third kappa shape index (κ3) is 5.89. The molecule has 8 heteroatoms. The minimum Gasteiger partial charge on any atom is -0.356 e. The predicted octanol–water partition coefficient (Wildman–Crippen LogP) is 2.39. The highest BCUT2D eigenvalue weighted by atomic mass is 16.2. The van der Waals surface area contributed by atoms with E-state index in [0.29, 0.717) is 19.5 Å². The van der Waals surface area contributed by atoms with Gasteiger partial charge in [-0.1, -0.05) is 24.6 Å². The summed E-state index contributed by atoms with van der Waals surface area (Å²) < 4.78 is 2.18. The number of aromatic nitrogens is 3. The van der Waals surface area contributed by atoms with E-state index in [2.05, 4.69) is 26.2 Å². The molecule has 1 aliphatic heterocycles. The summed E-state index contributed by atoms with van der Waals surface area (Å²) in [7, 11) is 0. The smallest absolute Gasteiger partial charge is 0.227 e. The maximum Gasteiger partial charge on any atom is 0.227 e. The van der Waals surface area contributed by atoms with Crippen LogP contribution in [0.1, 0.15) is 50.2 Å². The van der Waals surface area contributed by atoms with Crippen molar-refractivity contribution in [2.45, 2.75) is 57.9 Å². The van der Waals surface area contributed by atoms with Crippen molar-refractivity contribution in [1.29, 1.82) is 5.26 Å². The Balaban J connectivity index is 1.45. The molecule has 0 spiro atoms. The van der Waals surface area contributed by atoms with Crippen LogP contribution in [0, 0.1) is 11.3 Å². The molecule has 30 heavy (non-hydrogen) atoms. The summed E-state index contributed by atoms with van der Waals surface area (Å²) in [6.07, 6.45) is 5.56. The molecule has 0 fully saturated rings. The van der Waals surface area contributed by atoms with Crippen LogP contribution in [0.5, 0.6) is 0 Å². The van der Waals surface area contributed by atoms with E-state index in [0.717, 1.165) is 43.1 Å². The highest BCUT2D eigenvalue weighted by molar-refractivity contribution is 5.95. The molecule has 2 heterocycles. The molecular formula is C22H28N6O2. The molecular weight excluding hydrogens is 380 g/mol. The zero-order chi connectivity index (χ0) is 21.2. The molecule has 1 aliphatic rings.